The average Bonchev–Trinajstić information content (AvgIpc) is 2.46. The van der Waals surface area contributed by atoms with E-state index in [0.29, 0.717) is 0 Å². The maximum atomic E-state index is 5.40. The molecule has 0 amide bonds. The first kappa shape index (κ1) is 15.0. The number of methoxy groups -OCH3 is 1. The Balaban J connectivity index is 1.94. The van der Waals surface area contributed by atoms with Crippen LogP contribution in [0.3, 0.4) is 0 Å². The van der Waals surface area contributed by atoms with Gasteiger partial charge in [-0.3, -0.25) is 4.98 Å². The molecule has 0 spiro atoms. The van der Waals surface area contributed by atoms with Crippen molar-refractivity contribution >= 4 is 15.9 Å². The maximum absolute atomic E-state index is 5.40. The maximum Gasteiger partial charge on any atom is 0.123 e. The quantitative estimate of drug-likeness (QED) is 0.808. The molecule has 0 unspecified atom stereocenters. The van der Waals surface area contributed by atoms with Gasteiger partial charge in [-0.2, -0.15) is 0 Å². The monoisotopic (exact) mass is 334 g/mol. The second-order valence-corrected chi connectivity index (χ2v) is 5.68. The normalized spacial score (nSPS) is 10.8. The fraction of sp³-hybridized carbons (Fsp3) is 0.312. The van der Waals surface area contributed by atoms with Crippen LogP contribution in [0.5, 0.6) is 5.75 Å². The highest BCUT2D eigenvalue weighted by molar-refractivity contribution is 9.10. The number of halogens is 1. The summed E-state index contributed by atoms with van der Waals surface area (Å²) in [7, 11) is 3.82. The molecule has 0 aliphatic rings. The Bertz CT molecular complexity index is 545. The van der Waals surface area contributed by atoms with E-state index in [-0.39, 0.29) is 0 Å². The van der Waals surface area contributed by atoms with Crippen LogP contribution in [-0.2, 0) is 13.0 Å². The largest absolute Gasteiger partial charge is 0.496 e. The molecular weight excluding hydrogens is 316 g/mol. The van der Waals surface area contributed by atoms with Crippen LogP contribution in [0.1, 0.15) is 11.3 Å². The Morgan fingerprint density at radius 2 is 2.10 bits per heavy atom. The molecule has 1 aromatic carbocycles. The van der Waals surface area contributed by atoms with Gasteiger partial charge in [-0.25, -0.2) is 0 Å². The summed E-state index contributed by atoms with van der Waals surface area (Å²) in [5, 5.41) is 0. The number of benzene rings is 1. The molecule has 0 saturated heterocycles. The van der Waals surface area contributed by atoms with E-state index >= 15 is 0 Å². The van der Waals surface area contributed by atoms with Crippen LogP contribution in [-0.4, -0.2) is 30.6 Å². The molecule has 1 heterocycles. The molecule has 1 aromatic heterocycles. The summed E-state index contributed by atoms with van der Waals surface area (Å²) >= 11 is 3.51. The van der Waals surface area contributed by atoms with E-state index in [1.807, 2.05) is 30.5 Å². The molecule has 2 aromatic rings. The second-order valence-electron chi connectivity index (χ2n) is 4.77. The van der Waals surface area contributed by atoms with Gasteiger partial charge in [0.2, 0.25) is 0 Å². The highest BCUT2D eigenvalue weighted by atomic mass is 79.9. The van der Waals surface area contributed by atoms with Crippen molar-refractivity contribution in [3.8, 4) is 5.75 Å². The molecule has 106 valence electrons. The Morgan fingerprint density at radius 3 is 2.80 bits per heavy atom. The van der Waals surface area contributed by atoms with Crippen molar-refractivity contribution in [3.63, 3.8) is 0 Å². The molecule has 0 aliphatic carbocycles. The minimum Gasteiger partial charge on any atom is -0.496 e. The van der Waals surface area contributed by atoms with Crippen LogP contribution >= 0.6 is 15.9 Å². The standard InChI is InChI=1S/C16H19BrN2O/c1-19(10-8-15-5-3-4-9-18-15)12-13-11-14(17)6-7-16(13)20-2/h3-7,9,11H,8,10,12H2,1-2H3. The smallest absolute Gasteiger partial charge is 0.123 e. The van der Waals surface area contributed by atoms with Crippen molar-refractivity contribution in [1.82, 2.24) is 9.88 Å². The predicted molar refractivity (Wildman–Crippen MR) is 85.0 cm³/mol. The molecule has 0 N–H and O–H groups in total. The predicted octanol–water partition coefficient (Wildman–Crippen LogP) is 3.53. The van der Waals surface area contributed by atoms with Gasteiger partial charge < -0.3 is 9.64 Å². The Hall–Kier alpha value is -1.39. The van der Waals surface area contributed by atoms with Gasteiger partial charge in [0.15, 0.2) is 0 Å². The van der Waals surface area contributed by atoms with Gasteiger partial charge in [-0.15, -0.1) is 0 Å². The van der Waals surface area contributed by atoms with E-state index in [9.17, 15) is 0 Å². The second kappa shape index (κ2) is 7.41. The topological polar surface area (TPSA) is 25.4 Å². The highest BCUT2D eigenvalue weighted by Gasteiger charge is 2.07. The zero-order valence-electron chi connectivity index (χ0n) is 11.8. The van der Waals surface area contributed by atoms with E-state index in [2.05, 4.69) is 45.0 Å². The van der Waals surface area contributed by atoms with Gasteiger partial charge >= 0.3 is 0 Å². The van der Waals surface area contributed by atoms with Gasteiger partial charge in [0.25, 0.3) is 0 Å². The summed E-state index contributed by atoms with van der Waals surface area (Å²) in [6.45, 7) is 1.82. The molecule has 0 saturated carbocycles. The molecule has 0 aliphatic heterocycles. The van der Waals surface area contributed by atoms with E-state index in [4.69, 9.17) is 4.74 Å². The summed E-state index contributed by atoms with van der Waals surface area (Å²) in [4.78, 5) is 6.62. The molecule has 3 nitrogen and oxygen atoms in total. The van der Waals surface area contributed by atoms with Crippen LogP contribution in [0.15, 0.2) is 47.1 Å². The molecule has 4 heteroatoms. The summed E-state index contributed by atoms with van der Waals surface area (Å²) in [5.74, 6) is 0.929. The van der Waals surface area contributed by atoms with Crippen LogP contribution in [0.25, 0.3) is 0 Å². The number of hydrogen-bond acceptors (Lipinski definition) is 3. The summed E-state index contributed by atoms with van der Waals surface area (Å²) in [6.07, 6.45) is 2.79. The summed E-state index contributed by atoms with van der Waals surface area (Å²) in [6, 6.07) is 12.1. The van der Waals surface area contributed by atoms with Gasteiger partial charge in [0.1, 0.15) is 5.75 Å². The lowest BCUT2D eigenvalue weighted by atomic mass is 10.2. The Morgan fingerprint density at radius 1 is 1.25 bits per heavy atom. The van der Waals surface area contributed by atoms with Crippen molar-refractivity contribution in [2.24, 2.45) is 0 Å². The first-order chi connectivity index (χ1) is 9.69. The van der Waals surface area contributed by atoms with Crippen molar-refractivity contribution in [3.05, 3.63) is 58.3 Å². The first-order valence-electron chi connectivity index (χ1n) is 6.60. The van der Waals surface area contributed by atoms with Crippen molar-refractivity contribution in [1.29, 1.82) is 0 Å². The molecule has 0 radical (unpaired) electrons. The molecule has 2 rings (SSSR count). The zero-order chi connectivity index (χ0) is 14.4. The van der Waals surface area contributed by atoms with E-state index in [1.165, 1.54) is 5.56 Å². The fourth-order valence-electron chi connectivity index (χ4n) is 2.09. The van der Waals surface area contributed by atoms with E-state index < -0.39 is 0 Å². The minimum absolute atomic E-state index is 0.857. The molecule has 0 atom stereocenters. The Labute approximate surface area is 128 Å². The van der Waals surface area contributed by atoms with Gasteiger partial charge in [0, 0.05) is 41.4 Å². The summed E-state index contributed by atoms with van der Waals surface area (Å²) in [5.41, 5.74) is 2.31. The van der Waals surface area contributed by atoms with Gasteiger partial charge in [-0.1, -0.05) is 22.0 Å². The highest BCUT2D eigenvalue weighted by Crippen LogP contribution is 2.24. The molecule has 0 bridgehead atoms. The van der Waals surface area contributed by atoms with Gasteiger partial charge in [-0.05, 0) is 37.4 Å². The lowest BCUT2D eigenvalue weighted by Crippen LogP contribution is -2.21. The van der Waals surface area contributed by atoms with Crippen LogP contribution in [0.4, 0.5) is 0 Å². The average molecular weight is 335 g/mol. The fourth-order valence-corrected chi connectivity index (χ4v) is 2.50. The number of pyridine rings is 1. The summed E-state index contributed by atoms with van der Waals surface area (Å²) < 4.78 is 6.48. The van der Waals surface area contributed by atoms with Crippen molar-refractivity contribution in [2.75, 3.05) is 20.7 Å². The Kier molecular flexibility index (Phi) is 5.56. The first-order valence-corrected chi connectivity index (χ1v) is 7.39. The minimum atomic E-state index is 0.857. The molecule has 0 fully saturated rings. The number of aromatic nitrogens is 1. The number of hydrogen-bond donors (Lipinski definition) is 0. The van der Waals surface area contributed by atoms with Crippen LogP contribution < -0.4 is 4.74 Å². The van der Waals surface area contributed by atoms with E-state index in [1.54, 1.807) is 7.11 Å². The van der Waals surface area contributed by atoms with Crippen LogP contribution in [0, 0.1) is 0 Å². The SMILES string of the molecule is COc1ccc(Br)cc1CN(C)CCc1ccccn1. The molecule has 20 heavy (non-hydrogen) atoms. The van der Waals surface area contributed by atoms with Gasteiger partial charge in [0.05, 0.1) is 7.11 Å². The van der Waals surface area contributed by atoms with Crippen LogP contribution in [0.2, 0.25) is 0 Å². The van der Waals surface area contributed by atoms with Crippen molar-refractivity contribution < 1.29 is 4.74 Å². The van der Waals surface area contributed by atoms with E-state index in [0.717, 1.165) is 35.4 Å². The molecular formula is C16H19BrN2O. The number of likely N-dealkylation sites (N-methyl/N-ethyl adjacent to an activating group) is 1. The third kappa shape index (κ3) is 4.32. The zero-order valence-corrected chi connectivity index (χ0v) is 13.4. The number of nitrogens with zero attached hydrogens (tertiary/aromatic N) is 2. The number of rotatable bonds is 6. The number of ether oxygens (including phenoxy) is 1. The third-order valence-electron chi connectivity index (χ3n) is 3.16. The lowest BCUT2D eigenvalue weighted by Gasteiger charge is -2.18. The third-order valence-corrected chi connectivity index (χ3v) is 3.65. The van der Waals surface area contributed by atoms with Crippen molar-refractivity contribution in [2.45, 2.75) is 13.0 Å². The lowest BCUT2D eigenvalue weighted by molar-refractivity contribution is 0.320.